The minimum Gasteiger partial charge on any atom is -0.457 e. The van der Waals surface area contributed by atoms with E-state index in [4.69, 9.17) is 4.74 Å². The number of nitrogens with zero attached hydrogens (tertiary/aromatic N) is 1. The van der Waals surface area contributed by atoms with Crippen LogP contribution in [-0.4, -0.2) is 23.6 Å². The van der Waals surface area contributed by atoms with Gasteiger partial charge in [-0.1, -0.05) is 30.3 Å². The van der Waals surface area contributed by atoms with Crippen LogP contribution in [0.3, 0.4) is 0 Å². The predicted octanol–water partition coefficient (Wildman–Crippen LogP) is 3.54. The van der Waals surface area contributed by atoms with Crippen LogP contribution in [-0.2, 0) is 11.3 Å². The van der Waals surface area contributed by atoms with E-state index in [0.29, 0.717) is 12.3 Å². The highest BCUT2D eigenvalue weighted by molar-refractivity contribution is 5.94. The normalized spacial score (nSPS) is 11.7. The quantitative estimate of drug-likeness (QED) is 0.646. The Morgan fingerprint density at radius 2 is 1.76 bits per heavy atom. The molecule has 6 heteroatoms. The third-order valence-electron chi connectivity index (χ3n) is 4.69. The number of likely N-dealkylation sites (N-methyl/N-ethyl adjacent to an activating group) is 1. The standard InChI is InChI=1S/C23H25N3O3/c1-16-12-13-21(25-22(27)17(2)24-3)23(28)26(16)15-18-8-7-11-20(14-18)29-19-9-5-4-6-10-19/h4-14,17,24H,15H2,1-3H3,(H,25,27)/t17-/m0/s1. The van der Waals surface area contributed by atoms with Crippen molar-refractivity contribution in [3.8, 4) is 11.5 Å². The Bertz CT molecular complexity index is 1040. The van der Waals surface area contributed by atoms with Crippen LogP contribution in [0.25, 0.3) is 0 Å². The number of carbonyl (C=O) groups is 1. The lowest BCUT2D eigenvalue weighted by molar-refractivity contribution is -0.117. The van der Waals surface area contributed by atoms with Crippen molar-refractivity contribution >= 4 is 11.6 Å². The Morgan fingerprint density at radius 3 is 2.48 bits per heavy atom. The molecule has 2 N–H and O–H groups in total. The van der Waals surface area contributed by atoms with Crippen molar-refractivity contribution in [2.75, 3.05) is 12.4 Å². The van der Waals surface area contributed by atoms with Crippen molar-refractivity contribution in [3.63, 3.8) is 0 Å². The summed E-state index contributed by atoms with van der Waals surface area (Å²) in [4.78, 5) is 25.0. The second-order valence-corrected chi connectivity index (χ2v) is 6.84. The number of anilines is 1. The molecule has 1 aromatic heterocycles. The van der Waals surface area contributed by atoms with Gasteiger partial charge in [0.1, 0.15) is 17.2 Å². The lowest BCUT2D eigenvalue weighted by Crippen LogP contribution is -2.37. The molecule has 0 saturated heterocycles. The van der Waals surface area contributed by atoms with Gasteiger partial charge in [0.05, 0.1) is 12.6 Å². The molecule has 150 valence electrons. The maximum atomic E-state index is 12.9. The topological polar surface area (TPSA) is 72.4 Å². The number of benzene rings is 2. The Labute approximate surface area is 170 Å². The van der Waals surface area contributed by atoms with Gasteiger partial charge in [0.2, 0.25) is 5.91 Å². The fraction of sp³-hybridized carbons (Fsp3) is 0.217. The number of ether oxygens (including phenoxy) is 1. The zero-order chi connectivity index (χ0) is 20.8. The number of rotatable bonds is 7. The third-order valence-corrected chi connectivity index (χ3v) is 4.69. The molecular formula is C23H25N3O3. The maximum Gasteiger partial charge on any atom is 0.274 e. The Hall–Kier alpha value is -3.38. The zero-order valence-corrected chi connectivity index (χ0v) is 16.8. The van der Waals surface area contributed by atoms with Crippen LogP contribution in [0, 0.1) is 6.92 Å². The molecule has 6 nitrogen and oxygen atoms in total. The summed E-state index contributed by atoms with van der Waals surface area (Å²) in [6, 6.07) is 20.2. The first-order valence-corrected chi connectivity index (χ1v) is 9.48. The number of para-hydroxylation sites is 1. The molecule has 0 aliphatic rings. The van der Waals surface area contributed by atoms with E-state index in [0.717, 1.165) is 17.0 Å². The number of hydrogen-bond acceptors (Lipinski definition) is 4. The average molecular weight is 391 g/mol. The van der Waals surface area contributed by atoms with Crippen LogP contribution in [0.1, 0.15) is 18.2 Å². The number of aromatic nitrogens is 1. The summed E-state index contributed by atoms with van der Waals surface area (Å²) in [5.41, 5.74) is 1.76. The van der Waals surface area contributed by atoms with Crippen LogP contribution < -0.4 is 20.9 Å². The first kappa shape index (κ1) is 20.4. The highest BCUT2D eigenvalue weighted by atomic mass is 16.5. The number of aryl methyl sites for hydroxylation is 1. The van der Waals surface area contributed by atoms with E-state index < -0.39 is 6.04 Å². The summed E-state index contributed by atoms with van der Waals surface area (Å²) >= 11 is 0. The van der Waals surface area contributed by atoms with Crippen LogP contribution in [0.4, 0.5) is 5.69 Å². The Morgan fingerprint density at radius 1 is 1.03 bits per heavy atom. The number of hydrogen-bond donors (Lipinski definition) is 2. The molecular weight excluding hydrogens is 366 g/mol. The molecule has 0 spiro atoms. The molecule has 0 fully saturated rings. The van der Waals surface area contributed by atoms with Crippen LogP contribution >= 0.6 is 0 Å². The zero-order valence-electron chi connectivity index (χ0n) is 16.8. The van der Waals surface area contributed by atoms with Gasteiger partial charge in [0, 0.05) is 5.69 Å². The molecule has 0 aliphatic heterocycles. The molecule has 0 radical (unpaired) electrons. The first-order chi connectivity index (χ1) is 14.0. The van der Waals surface area contributed by atoms with E-state index in [2.05, 4.69) is 10.6 Å². The van der Waals surface area contributed by atoms with E-state index in [-0.39, 0.29) is 17.2 Å². The van der Waals surface area contributed by atoms with Gasteiger partial charge in [-0.15, -0.1) is 0 Å². The Balaban J connectivity index is 1.83. The van der Waals surface area contributed by atoms with E-state index in [9.17, 15) is 9.59 Å². The average Bonchev–Trinajstić information content (AvgIpc) is 2.73. The maximum absolute atomic E-state index is 12.9. The van der Waals surface area contributed by atoms with E-state index in [1.54, 1.807) is 24.6 Å². The van der Waals surface area contributed by atoms with Crippen molar-refractivity contribution in [1.82, 2.24) is 9.88 Å². The fourth-order valence-corrected chi connectivity index (χ4v) is 2.85. The van der Waals surface area contributed by atoms with Crippen molar-refractivity contribution in [3.05, 3.63) is 88.3 Å². The van der Waals surface area contributed by atoms with Crippen LogP contribution in [0.15, 0.2) is 71.5 Å². The van der Waals surface area contributed by atoms with Crippen LogP contribution in [0.5, 0.6) is 11.5 Å². The SMILES string of the molecule is CN[C@@H](C)C(=O)Nc1ccc(C)n(Cc2cccc(Oc3ccccc3)c2)c1=O. The van der Waals surface area contributed by atoms with Gasteiger partial charge >= 0.3 is 0 Å². The van der Waals surface area contributed by atoms with Crippen molar-refractivity contribution in [1.29, 1.82) is 0 Å². The van der Waals surface area contributed by atoms with Gasteiger partial charge in [0.15, 0.2) is 0 Å². The second-order valence-electron chi connectivity index (χ2n) is 6.84. The molecule has 1 amide bonds. The van der Waals surface area contributed by atoms with Gasteiger partial charge in [-0.3, -0.25) is 9.59 Å². The summed E-state index contributed by atoms with van der Waals surface area (Å²) < 4.78 is 7.52. The van der Waals surface area contributed by atoms with Gasteiger partial charge in [-0.25, -0.2) is 0 Å². The van der Waals surface area contributed by atoms with E-state index >= 15 is 0 Å². The van der Waals surface area contributed by atoms with Crippen molar-refractivity contribution < 1.29 is 9.53 Å². The second kappa shape index (κ2) is 9.21. The molecule has 0 bridgehead atoms. The molecule has 2 aromatic carbocycles. The lowest BCUT2D eigenvalue weighted by Gasteiger charge is -2.15. The van der Waals surface area contributed by atoms with E-state index in [1.165, 1.54) is 0 Å². The summed E-state index contributed by atoms with van der Waals surface area (Å²) in [5.74, 6) is 1.20. The highest BCUT2D eigenvalue weighted by Gasteiger charge is 2.14. The first-order valence-electron chi connectivity index (χ1n) is 9.48. The summed E-state index contributed by atoms with van der Waals surface area (Å²) in [7, 11) is 1.70. The monoisotopic (exact) mass is 391 g/mol. The van der Waals surface area contributed by atoms with Gasteiger partial charge in [-0.2, -0.15) is 0 Å². The summed E-state index contributed by atoms with van der Waals surface area (Å²) in [6.45, 7) is 3.98. The van der Waals surface area contributed by atoms with Crippen molar-refractivity contribution in [2.24, 2.45) is 0 Å². The van der Waals surface area contributed by atoms with Gasteiger partial charge in [0.25, 0.3) is 5.56 Å². The number of pyridine rings is 1. The molecule has 3 aromatic rings. The fourth-order valence-electron chi connectivity index (χ4n) is 2.85. The number of nitrogens with one attached hydrogen (secondary N) is 2. The molecule has 0 unspecified atom stereocenters. The smallest absolute Gasteiger partial charge is 0.274 e. The third kappa shape index (κ3) is 5.12. The predicted molar refractivity (Wildman–Crippen MR) is 115 cm³/mol. The summed E-state index contributed by atoms with van der Waals surface area (Å²) in [5, 5.41) is 5.56. The van der Waals surface area contributed by atoms with Crippen LogP contribution in [0.2, 0.25) is 0 Å². The lowest BCUT2D eigenvalue weighted by atomic mass is 10.2. The summed E-state index contributed by atoms with van der Waals surface area (Å²) in [6.07, 6.45) is 0. The molecule has 29 heavy (non-hydrogen) atoms. The van der Waals surface area contributed by atoms with E-state index in [1.807, 2.05) is 67.6 Å². The number of carbonyl (C=O) groups excluding carboxylic acids is 1. The largest absolute Gasteiger partial charge is 0.457 e. The molecule has 3 rings (SSSR count). The molecule has 1 heterocycles. The highest BCUT2D eigenvalue weighted by Crippen LogP contribution is 2.22. The van der Waals surface area contributed by atoms with Crippen molar-refractivity contribution in [2.45, 2.75) is 26.4 Å². The Kier molecular flexibility index (Phi) is 6.46. The minimum atomic E-state index is -0.393. The van der Waals surface area contributed by atoms with Gasteiger partial charge < -0.3 is 19.9 Å². The van der Waals surface area contributed by atoms with Gasteiger partial charge in [-0.05, 0) is 62.9 Å². The minimum absolute atomic E-state index is 0.240. The number of amides is 1. The molecule has 0 saturated carbocycles. The molecule has 0 aliphatic carbocycles. The molecule has 1 atom stereocenters.